The lowest BCUT2D eigenvalue weighted by atomic mass is 10.2. The van der Waals surface area contributed by atoms with E-state index >= 15 is 0 Å². The van der Waals surface area contributed by atoms with Crippen molar-refractivity contribution in [1.82, 2.24) is 15.0 Å². The van der Waals surface area contributed by atoms with Gasteiger partial charge in [-0.2, -0.15) is 0 Å². The molecule has 140 valence electrons. The molecule has 7 heteroatoms. The van der Waals surface area contributed by atoms with Crippen molar-refractivity contribution in [3.8, 4) is 11.5 Å². The molecule has 0 aliphatic heterocycles. The molecule has 3 rings (SSSR count). The zero-order valence-corrected chi connectivity index (χ0v) is 15.7. The number of hydrogen-bond acceptors (Lipinski definition) is 7. The van der Waals surface area contributed by atoms with Gasteiger partial charge >= 0.3 is 0 Å². The molecule has 0 unspecified atom stereocenters. The first-order chi connectivity index (χ1) is 13.2. The lowest BCUT2D eigenvalue weighted by Crippen LogP contribution is -2.21. The number of rotatable bonds is 8. The summed E-state index contributed by atoms with van der Waals surface area (Å²) in [5.41, 5.74) is 2.10. The molecule has 0 saturated carbocycles. The molecule has 0 saturated heterocycles. The fourth-order valence-corrected chi connectivity index (χ4v) is 2.65. The van der Waals surface area contributed by atoms with Crippen molar-refractivity contribution in [1.29, 1.82) is 0 Å². The summed E-state index contributed by atoms with van der Waals surface area (Å²) in [6.45, 7) is 0.844. The van der Waals surface area contributed by atoms with Crippen molar-refractivity contribution in [3.05, 3.63) is 60.7 Å². The first-order valence-electron chi connectivity index (χ1n) is 8.60. The Morgan fingerprint density at radius 3 is 2.48 bits per heavy atom. The fraction of sp³-hybridized carbons (Fsp3) is 0.250. The zero-order valence-electron chi connectivity index (χ0n) is 15.7. The maximum Gasteiger partial charge on any atom is 0.162 e. The van der Waals surface area contributed by atoms with Gasteiger partial charge in [-0.15, -0.1) is 0 Å². The van der Waals surface area contributed by atoms with Crippen LogP contribution in [-0.4, -0.2) is 42.8 Å². The Labute approximate surface area is 159 Å². The molecular formula is C20H23N5O2. The molecular weight excluding hydrogens is 342 g/mol. The predicted molar refractivity (Wildman–Crippen MR) is 106 cm³/mol. The molecule has 27 heavy (non-hydrogen) atoms. The standard InChI is InChI=1S/C20H23N5O2/c1-25(11-8-15-6-9-21-10-7-15)20-13-19(22-14-23-20)24-16-4-5-17(26-2)18(12-16)27-3/h4-7,9-10,12-14H,8,11H2,1-3H3,(H,22,23,24). The van der Waals surface area contributed by atoms with E-state index < -0.39 is 0 Å². The van der Waals surface area contributed by atoms with Gasteiger partial charge in [0.2, 0.25) is 0 Å². The van der Waals surface area contributed by atoms with E-state index in [-0.39, 0.29) is 0 Å². The molecule has 0 aliphatic rings. The van der Waals surface area contributed by atoms with Crippen molar-refractivity contribution < 1.29 is 9.47 Å². The summed E-state index contributed by atoms with van der Waals surface area (Å²) in [7, 11) is 5.25. The van der Waals surface area contributed by atoms with E-state index in [4.69, 9.17) is 9.47 Å². The van der Waals surface area contributed by atoms with Gasteiger partial charge in [-0.05, 0) is 36.2 Å². The molecule has 7 nitrogen and oxygen atoms in total. The van der Waals surface area contributed by atoms with Crippen molar-refractivity contribution in [3.63, 3.8) is 0 Å². The number of nitrogens with one attached hydrogen (secondary N) is 1. The van der Waals surface area contributed by atoms with Crippen LogP contribution in [0.15, 0.2) is 55.1 Å². The maximum atomic E-state index is 5.34. The van der Waals surface area contributed by atoms with Crippen LogP contribution in [-0.2, 0) is 6.42 Å². The number of anilines is 3. The molecule has 2 aromatic heterocycles. The van der Waals surface area contributed by atoms with E-state index in [1.54, 1.807) is 20.5 Å². The van der Waals surface area contributed by atoms with Gasteiger partial charge in [-0.3, -0.25) is 4.98 Å². The summed E-state index contributed by atoms with van der Waals surface area (Å²) in [5.74, 6) is 2.90. The minimum Gasteiger partial charge on any atom is -0.493 e. The normalized spacial score (nSPS) is 10.3. The SMILES string of the molecule is COc1ccc(Nc2cc(N(C)CCc3ccncc3)ncn2)cc1OC. The Morgan fingerprint density at radius 2 is 1.74 bits per heavy atom. The van der Waals surface area contributed by atoms with Gasteiger partial charge in [0.05, 0.1) is 14.2 Å². The quantitative estimate of drug-likeness (QED) is 0.656. The largest absolute Gasteiger partial charge is 0.493 e. The molecule has 0 fully saturated rings. The molecule has 0 spiro atoms. The van der Waals surface area contributed by atoms with Crippen molar-refractivity contribution in [2.24, 2.45) is 0 Å². The Bertz CT molecular complexity index is 873. The highest BCUT2D eigenvalue weighted by Crippen LogP contribution is 2.31. The van der Waals surface area contributed by atoms with E-state index in [0.29, 0.717) is 17.3 Å². The molecule has 2 heterocycles. The first-order valence-corrected chi connectivity index (χ1v) is 8.60. The van der Waals surface area contributed by atoms with Crippen LogP contribution in [0.25, 0.3) is 0 Å². The minimum atomic E-state index is 0.659. The average molecular weight is 365 g/mol. The molecule has 0 bridgehead atoms. The Balaban J connectivity index is 1.68. The van der Waals surface area contributed by atoms with Crippen LogP contribution in [0.4, 0.5) is 17.3 Å². The third kappa shape index (κ3) is 4.84. The average Bonchev–Trinajstić information content (AvgIpc) is 2.73. The summed E-state index contributed by atoms with van der Waals surface area (Å²) in [6, 6.07) is 11.6. The number of hydrogen-bond donors (Lipinski definition) is 1. The zero-order chi connectivity index (χ0) is 19.1. The van der Waals surface area contributed by atoms with Crippen LogP contribution in [0.5, 0.6) is 11.5 Å². The van der Waals surface area contributed by atoms with Crippen LogP contribution in [0.3, 0.4) is 0 Å². The molecule has 0 atom stereocenters. The monoisotopic (exact) mass is 365 g/mol. The fourth-order valence-electron chi connectivity index (χ4n) is 2.65. The van der Waals surface area contributed by atoms with Crippen LogP contribution in [0.2, 0.25) is 0 Å². The third-order valence-corrected chi connectivity index (χ3v) is 4.18. The number of likely N-dealkylation sites (N-methyl/N-ethyl adjacent to an activating group) is 1. The number of pyridine rings is 1. The van der Waals surface area contributed by atoms with Crippen LogP contribution in [0, 0.1) is 0 Å². The second kappa shape index (κ2) is 8.84. The predicted octanol–water partition coefficient (Wildman–Crippen LogP) is 3.31. The topological polar surface area (TPSA) is 72.4 Å². The van der Waals surface area contributed by atoms with Gasteiger partial charge in [-0.25, -0.2) is 9.97 Å². The molecule has 0 aliphatic carbocycles. The van der Waals surface area contributed by atoms with E-state index in [0.717, 1.165) is 24.5 Å². The highest BCUT2D eigenvalue weighted by molar-refractivity contribution is 5.63. The summed E-state index contributed by atoms with van der Waals surface area (Å²) < 4.78 is 10.6. The lowest BCUT2D eigenvalue weighted by Gasteiger charge is -2.18. The second-order valence-corrected chi connectivity index (χ2v) is 5.98. The second-order valence-electron chi connectivity index (χ2n) is 5.98. The first kappa shape index (κ1) is 18.4. The third-order valence-electron chi connectivity index (χ3n) is 4.18. The Hall–Kier alpha value is -3.35. The number of benzene rings is 1. The molecule has 0 amide bonds. The smallest absolute Gasteiger partial charge is 0.162 e. The summed E-state index contributed by atoms with van der Waals surface area (Å²) in [4.78, 5) is 14.8. The van der Waals surface area contributed by atoms with Crippen LogP contribution < -0.4 is 19.7 Å². The Kier molecular flexibility index (Phi) is 6.04. The number of methoxy groups -OCH3 is 2. The number of nitrogens with zero attached hydrogens (tertiary/aromatic N) is 4. The lowest BCUT2D eigenvalue weighted by molar-refractivity contribution is 0.355. The molecule has 0 radical (unpaired) electrons. The molecule has 1 aromatic carbocycles. The highest BCUT2D eigenvalue weighted by atomic mass is 16.5. The van der Waals surface area contributed by atoms with Crippen LogP contribution in [0.1, 0.15) is 5.56 Å². The van der Waals surface area contributed by atoms with Gasteiger partial charge in [0, 0.05) is 43.8 Å². The van der Waals surface area contributed by atoms with Gasteiger partial charge in [-0.1, -0.05) is 0 Å². The van der Waals surface area contributed by atoms with E-state index in [9.17, 15) is 0 Å². The van der Waals surface area contributed by atoms with Gasteiger partial charge in [0.1, 0.15) is 18.0 Å². The van der Waals surface area contributed by atoms with Crippen molar-refractivity contribution >= 4 is 17.3 Å². The molecule has 1 N–H and O–H groups in total. The maximum absolute atomic E-state index is 5.34. The number of ether oxygens (including phenoxy) is 2. The van der Waals surface area contributed by atoms with Crippen molar-refractivity contribution in [2.75, 3.05) is 38.0 Å². The highest BCUT2D eigenvalue weighted by Gasteiger charge is 2.08. The van der Waals surface area contributed by atoms with E-state index in [1.165, 1.54) is 5.56 Å². The number of aromatic nitrogens is 3. The summed E-state index contributed by atoms with van der Waals surface area (Å²) in [6.07, 6.45) is 6.10. The van der Waals surface area contributed by atoms with Gasteiger partial charge in [0.15, 0.2) is 11.5 Å². The van der Waals surface area contributed by atoms with Gasteiger partial charge < -0.3 is 19.7 Å². The van der Waals surface area contributed by atoms with Gasteiger partial charge in [0.25, 0.3) is 0 Å². The summed E-state index contributed by atoms with van der Waals surface area (Å²) in [5, 5.41) is 3.28. The van der Waals surface area contributed by atoms with Crippen LogP contribution >= 0.6 is 0 Å². The van der Waals surface area contributed by atoms with Crippen molar-refractivity contribution in [2.45, 2.75) is 6.42 Å². The van der Waals surface area contributed by atoms with E-state index in [1.807, 2.05) is 55.8 Å². The van der Waals surface area contributed by atoms with E-state index in [2.05, 4.69) is 25.2 Å². The molecule has 3 aromatic rings. The summed E-state index contributed by atoms with van der Waals surface area (Å²) >= 11 is 0. The Morgan fingerprint density at radius 1 is 0.963 bits per heavy atom. The minimum absolute atomic E-state index is 0.659.